The predicted octanol–water partition coefficient (Wildman–Crippen LogP) is 1.84. The largest absolute Gasteiger partial charge is 0.385 e. The summed E-state index contributed by atoms with van der Waals surface area (Å²) in [6.07, 6.45) is 1.49. The van der Waals surface area contributed by atoms with E-state index in [2.05, 4.69) is 10.2 Å². The molecule has 1 aromatic heterocycles. The molecule has 0 bridgehead atoms. The van der Waals surface area contributed by atoms with Crippen molar-refractivity contribution in [1.82, 2.24) is 14.8 Å². The molecule has 3 rings (SSSR count). The first-order valence-corrected chi connectivity index (χ1v) is 6.09. The fourth-order valence-corrected chi connectivity index (χ4v) is 2.35. The van der Waals surface area contributed by atoms with Crippen LogP contribution in [-0.2, 0) is 13.0 Å². The Kier molecular flexibility index (Phi) is 2.83. The molecular formula is C13H14FN3O. The maximum atomic E-state index is 13.6. The zero-order chi connectivity index (χ0) is 12.5. The Hall–Kier alpha value is -1.75. The second kappa shape index (κ2) is 4.49. The summed E-state index contributed by atoms with van der Waals surface area (Å²) in [5, 5.41) is 17.9. The van der Waals surface area contributed by atoms with Gasteiger partial charge in [0, 0.05) is 13.0 Å². The quantitative estimate of drug-likeness (QED) is 0.881. The summed E-state index contributed by atoms with van der Waals surface area (Å²) < 4.78 is 15.5. The van der Waals surface area contributed by atoms with Crippen LogP contribution in [0.2, 0.25) is 0 Å². The van der Waals surface area contributed by atoms with Crippen LogP contribution in [-0.4, -0.2) is 19.9 Å². The van der Waals surface area contributed by atoms with Gasteiger partial charge in [-0.05, 0) is 24.5 Å². The number of hydrogen-bond donors (Lipinski definition) is 1. The Morgan fingerprint density at radius 3 is 3.00 bits per heavy atom. The smallest absolute Gasteiger partial charge is 0.161 e. The highest BCUT2D eigenvalue weighted by Gasteiger charge is 2.23. The van der Waals surface area contributed by atoms with Crippen molar-refractivity contribution in [2.24, 2.45) is 0 Å². The van der Waals surface area contributed by atoms with E-state index in [0.717, 1.165) is 19.4 Å². The average molecular weight is 247 g/mol. The lowest BCUT2D eigenvalue weighted by Gasteiger charge is -2.19. The number of aromatic nitrogens is 3. The van der Waals surface area contributed by atoms with Gasteiger partial charge in [-0.15, -0.1) is 10.2 Å². The third kappa shape index (κ3) is 1.90. The lowest BCUT2D eigenvalue weighted by molar-refractivity contribution is 0.133. The Morgan fingerprint density at radius 1 is 1.33 bits per heavy atom. The van der Waals surface area contributed by atoms with Gasteiger partial charge in [-0.1, -0.05) is 18.2 Å². The Labute approximate surface area is 104 Å². The van der Waals surface area contributed by atoms with Crippen LogP contribution in [0.15, 0.2) is 24.3 Å². The maximum absolute atomic E-state index is 13.6. The van der Waals surface area contributed by atoms with Crippen LogP contribution in [0.25, 0.3) is 0 Å². The van der Waals surface area contributed by atoms with Gasteiger partial charge in [-0.2, -0.15) is 0 Å². The summed E-state index contributed by atoms with van der Waals surface area (Å²) in [5.41, 5.74) is 0.604. The van der Waals surface area contributed by atoms with Crippen LogP contribution in [0.3, 0.4) is 0 Å². The summed E-state index contributed by atoms with van der Waals surface area (Å²) in [6, 6.07) is 6.66. The molecule has 0 amide bonds. The lowest BCUT2D eigenvalue weighted by Crippen LogP contribution is -2.17. The Bertz CT molecular complexity index is 567. The van der Waals surface area contributed by atoms with Gasteiger partial charge in [0.2, 0.25) is 0 Å². The second-order valence-corrected chi connectivity index (χ2v) is 4.55. The van der Waals surface area contributed by atoms with Crippen molar-refractivity contribution in [3.8, 4) is 0 Å². The van der Waals surface area contributed by atoms with Crippen molar-refractivity contribution in [3.63, 3.8) is 0 Å². The number of fused-ring (bicyclic) bond motifs is 1. The molecule has 2 heterocycles. The van der Waals surface area contributed by atoms with Crippen molar-refractivity contribution in [2.45, 2.75) is 31.9 Å². The van der Waals surface area contributed by atoms with Gasteiger partial charge < -0.3 is 9.67 Å². The molecular weight excluding hydrogens is 233 g/mol. The van der Waals surface area contributed by atoms with E-state index in [1.165, 1.54) is 6.07 Å². The minimum atomic E-state index is -0.541. The molecule has 0 saturated heterocycles. The third-order valence-electron chi connectivity index (χ3n) is 3.32. The summed E-state index contributed by atoms with van der Waals surface area (Å²) in [7, 11) is 0. The van der Waals surface area contributed by atoms with E-state index in [1.54, 1.807) is 18.2 Å². The highest BCUT2D eigenvalue weighted by atomic mass is 19.1. The molecule has 1 N–H and O–H groups in total. The molecule has 1 unspecified atom stereocenters. The molecule has 0 radical (unpaired) electrons. The number of halogens is 1. The molecule has 2 aromatic rings. The maximum Gasteiger partial charge on any atom is 0.161 e. The van der Waals surface area contributed by atoms with Crippen molar-refractivity contribution in [2.75, 3.05) is 0 Å². The zero-order valence-electron chi connectivity index (χ0n) is 9.88. The van der Waals surface area contributed by atoms with Gasteiger partial charge in [-0.25, -0.2) is 4.39 Å². The van der Waals surface area contributed by atoms with E-state index >= 15 is 0 Å². The fourth-order valence-electron chi connectivity index (χ4n) is 2.35. The average Bonchev–Trinajstić information content (AvgIpc) is 2.77. The molecule has 1 aliphatic heterocycles. The summed E-state index contributed by atoms with van der Waals surface area (Å²) in [5.74, 6) is 1.09. The molecule has 4 nitrogen and oxygen atoms in total. The molecule has 5 heteroatoms. The molecule has 1 atom stereocenters. The van der Waals surface area contributed by atoms with Gasteiger partial charge in [0.1, 0.15) is 17.7 Å². The van der Waals surface area contributed by atoms with Gasteiger partial charge in [0.05, 0.1) is 0 Å². The zero-order valence-corrected chi connectivity index (χ0v) is 9.88. The van der Waals surface area contributed by atoms with Crippen molar-refractivity contribution >= 4 is 0 Å². The highest BCUT2D eigenvalue weighted by Crippen LogP contribution is 2.24. The number of aliphatic hydroxyl groups excluding tert-OH is 1. The molecule has 18 heavy (non-hydrogen) atoms. The topological polar surface area (TPSA) is 50.9 Å². The SMILES string of the molecule is OC1CCCn2c(Cc3ccccc3F)nnc21. The van der Waals surface area contributed by atoms with Gasteiger partial charge in [-0.3, -0.25) is 0 Å². The number of aliphatic hydroxyl groups is 1. The van der Waals surface area contributed by atoms with Crippen LogP contribution in [0, 0.1) is 5.82 Å². The minimum absolute atomic E-state index is 0.230. The summed E-state index contributed by atoms with van der Waals surface area (Å²) in [6.45, 7) is 0.795. The Balaban J connectivity index is 1.92. The number of nitrogens with zero attached hydrogens (tertiary/aromatic N) is 3. The van der Waals surface area contributed by atoms with E-state index in [-0.39, 0.29) is 5.82 Å². The van der Waals surface area contributed by atoms with E-state index in [1.807, 2.05) is 4.57 Å². The summed E-state index contributed by atoms with van der Waals surface area (Å²) in [4.78, 5) is 0. The molecule has 0 spiro atoms. The Morgan fingerprint density at radius 2 is 2.17 bits per heavy atom. The molecule has 0 aliphatic carbocycles. The lowest BCUT2D eigenvalue weighted by atomic mass is 10.1. The van der Waals surface area contributed by atoms with Crippen LogP contribution < -0.4 is 0 Å². The third-order valence-corrected chi connectivity index (χ3v) is 3.32. The number of rotatable bonds is 2. The molecule has 0 saturated carbocycles. The van der Waals surface area contributed by atoms with E-state index in [0.29, 0.717) is 23.6 Å². The molecule has 0 fully saturated rings. The van der Waals surface area contributed by atoms with Gasteiger partial charge in [0.15, 0.2) is 5.82 Å². The molecule has 94 valence electrons. The first kappa shape index (κ1) is 11.3. The van der Waals surface area contributed by atoms with Crippen LogP contribution >= 0.6 is 0 Å². The van der Waals surface area contributed by atoms with E-state index in [4.69, 9.17) is 0 Å². The monoisotopic (exact) mass is 247 g/mol. The first-order chi connectivity index (χ1) is 8.75. The minimum Gasteiger partial charge on any atom is -0.385 e. The van der Waals surface area contributed by atoms with Gasteiger partial charge >= 0.3 is 0 Å². The first-order valence-electron chi connectivity index (χ1n) is 6.09. The fraction of sp³-hybridized carbons (Fsp3) is 0.385. The molecule has 1 aliphatic rings. The van der Waals surface area contributed by atoms with Crippen molar-refractivity contribution < 1.29 is 9.50 Å². The normalized spacial score (nSPS) is 18.7. The molecule has 1 aromatic carbocycles. The predicted molar refractivity (Wildman–Crippen MR) is 63.4 cm³/mol. The van der Waals surface area contributed by atoms with Crippen molar-refractivity contribution in [3.05, 3.63) is 47.3 Å². The second-order valence-electron chi connectivity index (χ2n) is 4.55. The van der Waals surface area contributed by atoms with Crippen LogP contribution in [0.5, 0.6) is 0 Å². The summed E-state index contributed by atoms with van der Waals surface area (Å²) >= 11 is 0. The van der Waals surface area contributed by atoms with Gasteiger partial charge in [0.25, 0.3) is 0 Å². The number of hydrogen-bond acceptors (Lipinski definition) is 3. The van der Waals surface area contributed by atoms with E-state index in [9.17, 15) is 9.50 Å². The van der Waals surface area contributed by atoms with Crippen LogP contribution in [0.4, 0.5) is 4.39 Å². The van der Waals surface area contributed by atoms with E-state index < -0.39 is 6.10 Å². The highest BCUT2D eigenvalue weighted by molar-refractivity contribution is 5.21. The number of benzene rings is 1. The van der Waals surface area contributed by atoms with Crippen LogP contribution in [0.1, 0.15) is 36.2 Å². The van der Waals surface area contributed by atoms with Crippen molar-refractivity contribution in [1.29, 1.82) is 0 Å². The standard InChI is InChI=1S/C13H14FN3O/c14-10-5-2-1-4-9(10)8-12-15-16-13-11(18)6-3-7-17(12)13/h1-2,4-5,11,18H,3,6-8H2.